The van der Waals surface area contributed by atoms with Crippen molar-refractivity contribution in [2.24, 2.45) is 5.92 Å². The Balaban J connectivity index is 2.48. The lowest BCUT2D eigenvalue weighted by Gasteiger charge is -2.07. The van der Waals surface area contributed by atoms with Gasteiger partial charge in [0.1, 0.15) is 0 Å². The van der Waals surface area contributed by atoms with E-state index in [0.29, 0.717) is 6.61 Å². The van der Waals surface area contributed by atoms with Crippen LogP contribution in [0.25, 0.3) is 0 Å². The summed E-state index contributed by atoms with van der Waals surface area (Å²) in [6.07, 6.45) is 12.3. The maximum Gasteiger partial charge on any atom is 0.312 e. The van der Waals surface area contributed by atoms with Crippen molar-refractivity contribution in [3.63, 3.8) is 0 Å². The van der Waals surface area contributed by atoms with E-state index in [1.807, 2.05) is 19.1 Å². The van der Waals surface area contributed by atoms with Crippen LogP contribution in [-0.2, 0) is 9.53 Å². The highest BCUT2D eigenvalue weighted by Gasteiger charge is 2.09. The van der Waals surface area contributed by atoms with Gasteiger partial charge in [-0.3, -0.25) is 4.79 Å². The van der Waals surface area contributed by atoms with Gasteiger partial charge in [0.2, 0.25) is 0 Å². The van der Waals surface area contributed by atoms with E-state index in [1.165, 1.54) is 0 Å². The van der Waals surface area contributed by atoms with Gasteiger partial charge in [-0.1, -0.05) is 24.3 Å². The van der Waals surface area contributed by atoms with E-state index in [1.54, 1.807) is 0 Å². The first-order chi connectivity index (χ1) is 6.80. The molecule has 1 rings (SSSR count). The number of esters is 1. The maximum atomic E-state index is 11.3. The van der Waals surface area contributed by atoms with Crippen LogP contribution in [0.4, 0.5) is 0 Å². The predicted octanol–water partition coefficient (Wildman–Crippen LogP) is 2.85. The molecule has 0 saturated heterocycles. The molecule has 0 spiro atoms. The van der Waals surface area contributed by atoms with Gasteiger partial charge in [-0.2, -0.15) is 0 Å². The molecule has 0 aromatic rings. The second-order valence-corrected chi connectivity index (χ2v) is 3.59. The lowest BCUT2D eigenvalue weighted by molar-refractivity contribution is -0.146. The second-order valence-electron chi connectivity index (χ2n) is 3.59. The van der Waals surface area contributed by atoms with Gasteiger partial charge < -0.3 is 4.74 Å². The predicted molar refractivity (Wildman–Crippen MR) is 56.9 cm³/mol. The molecule has 1 aliphatic rings. The maximum absolute atomic E-state index is 11.3. The van der Waals surface area contributed by atoms with E-state index in [9.17, 15) is 4.79 Å². The van der Waals surface area contributed by atoms with Gasteiger partial charge in [0.05, 0.1) is 12.5 Å². The normalized spacial score (nSPS) is 24.9. The van der Waals surface area contributed by atoms with E-state index in [-0.39, 0.29) is 11.9 Å². The van der Waals surface area contributed by atoms with Crippen LogP contribution in [0.15, 0.2) is 24.3 Å². The van der Waals surface area contributed by atoms with Gasteiger partial charge in [-0.25, -0.2) is 0 Å². The van der Waals surface area contributed by atoms with Crippen LogP contribution in [-0.4, -0.2) is 12.6 Å². The van der Waals surface area contributed by atoms with Crippen LogP contribution in [0.5, 0.6) is 0 Å². The summed E-state index contributed by atoms with van der Waals surface area (Å²) in [6.45, 7) is 2.43. The van der Waals surface area contributed by atoms with E-state index in [0.717, 1.165) is 25.7 Å². The van der Waals surface area contributed by atoms with Crippen molar-refractivity contribution in [1.29, 1.82) is 0 Å². The zero-order valence-corrected chi connectivity index (χ0v) is 8.74. The molecule has 14 heavy (non-hydrogen) atoms. The highest BCUT2D eigenvalue weighted by atomic mass is 16.5. The summed E-state index contributed by atoms with van der Waals surface area (Å²) in [4.78, 5) is 11.3. The van der Waals surface area contributed by atoms with Crippen molar-refractivity contribution in [3.8, 4) is 0 Å². The van der Waals surface area contributed by atoms with Crippen molar-refractivity contribution in [1.82, 2.24) is 0 Å². The van der Waals surface area contributed by atoms with Gasteiger partial charge in [0.25, 0.3) is 0 Å². The van der Waals surface area contributed by atoms with E-state index < -0.39 is 0 Å². The molecule has 0 aromatic heterocycles. The van der Waals surface area contributed by atoms with Gasteiger partial charge >= 0.3 is 5.97 Å². The summed E-state index contributed by atoms with van der Waals surface area (Å²) < 4.78 is 5.11. The summed E-state index contributed by atoms with van der Waals surface area (Å²) in [5, 5.41) is 0. The topological polar surface area (TPSA) is 26.3 Å². The van der Waals surface area contributed by atoms with Crippen LogP contribution in [0, 0.1) is 5.92 Å². The van der Waals surface area contributed by atoms with Crippen LogP contribution in [0.1, 0.15) is 32.6 Å². The Bertz CT molecular complexity index is 228. The molecule has 0 aliphatic carbocycles. The van der Waals surface area contributed by atoms with Crippen LogP contribution < -0.4 is 0 Å². The first-order valence-electron chi connectivity index (χ1n) is 5.29. The summed E-state index contributed by atoms with van der Waals surface area (Å²) in [5.41, 5.74) is 0. The molecule has 2 nitrogen and oxygen atoms in total. The number of allylic oxidation sites excluding steroid dienone is 3. The number of carbonyl (C=O) groups excluding carboxylic acids is 1. The Hall–Kier alpha value is -1.05. The molecule has 1 aliphatic heterocycles. The highest BCUT2D eigenvalue weighted by molar-refractivity contribution is 5.73. The van der Waals surface area contributed by atoms with Crippen molar-refractivity contribution in [3.05, 3.63) is 24.3 Å². The zero-order valence-electron chi connectivity index (χ0n) is 8.74. The molecule has 1 unspecified atom stereocenters. The van der Waals surface area contributed by atoms with E-state index in [4.69, 9.17) is 4.74 Å². The lowest BCUT2D eigenvalue weighted by atomic mass is 10.1. The number of carbonyl (C=O) groups is 1. The largest absolute Gasteiger partial charge is 0.465 e. The standard InChI is InChI=1S/C12H18O2/c1-11-9-7-5-3-2-4-6-8-10-14-12(11)13/h2-3,7,9,11H,4-6,8,10H2,1H3. The molecule has 2 heteroatoms. The van der Waals surface area contributed by atoms with Gasteiger partial charge in [-0.05, 0) is 32.6 Å². The fourth-order valence-electron chi connectivity index (χ4n) is 1.32. The Kier molecular flexibility index (Phi) is 5.05. The van der Waals surface area contributed by atoms with Crippen molar-refractivity contribution in [2.45, 2.75) is 32.6 Å². The fourth-order valence-corrected chi connectivity index (χ4v) is 1.32. The minimum absolute atomic E-state index is 0.106. The molecule has 0 N–H and O–H groups in total. The summed E-state index contributed by atoms with van der Waals surface area (Å²) >= 11 is 0. The Morgan fingerprint density at radius 1 is 1.29 bits per heavy atom. The molecule has 0 fully saturated rings. The van der Waals surface area contributed by atoms with Gasteiger partial charge in [0.15, 0.2) is 0 Å². The molecule has 0 bridgehead atoms. The highest BCUT2D eigenvalue weighted by Crippen LogP contribution is 2.06. The molecule has 78 valence electrons. The Morgan fingerprint density at radius 2 is 2.14 bits per heavy atom. The number of hydrogen-bond donors (Lipinski definition) is 0. The molecular weight excluding hydrogens is 176 g/mol. The van der Waals surface area contributed by atoms with Gasteiger partial charge in [0, 0.05) is 0 Å². The van der Waals surface area contributed by atoms with Crippen molar-refractivity contribution >= 4 is 5.97 Å². The quantitative estimate of drug-likeness (QED) is 0.438. The van der Waals surface area contributed by atoms with Crippen LogP contribution >= 0.6 is 0 Å². The summed E-state index contributed by atoms with van der Waals surface area (Å²) in [7, 11) is 0. The molecule has 0 amide bonds. The van der Waals surface area contributed by atoms with Crippen molar-refractivity contribution in [2.75, 3.05) is 6.61 Å². The molecule has 1 atom stereocenters. The fraction of sp³-hybridized carbons (Fsp3) is 0.583. The average Bonchev–Trinajstić information content (AvgIpc) is 2.18. The Labute approximate surface area is 85.6 Å². The van der Waals surface area contributed by atoms with Crippen LogP contribution in [0.2, 0.25) is 0 Å². The average molecular weight is 194 g/mol. The van der Waals surface area contributed by atoms with Crippen LogP contribution in [0.3, 0.4) is 0 Å². The van der Waals surface area contributed by atoms with E-state index in [2.05, 4.69) is 12.2 Å². The number of rotatable bonds is 0. The molecular formula is C12H18O2. The summed E-state index contributed by atoms with van der Waals surface area (Å²) in [5.74, 6) is -0.214. The number of hydrogen-bond acceptors (Lipinski definition) is 2. The minimum Gasteiger partial charge on any atom is -0.465 e. The minimum atomic E-state index is -0.108. The first-order valence-corrected chi connectivity index (χ1v) is 5.29. The van der Waals surface area contributed by atoms with Crippen molar-refractivity contribution < 1.29 is 9.53 Å². The van der Waals surface area contributed by atoms with Gasteiger partial charge in [-0.15, -0.1) is 0 Å². The van der Waals surface area contributed by atoms with E-state index >= 15 is 0 Å². The third-order valence-corrected chi connectivity index (χ3v) is 2.24. The third-order valence-electron chi connectivity index (χ3n) is 2.24. The smallest absolute Gasteiger partial charge is 0.312 e. The number of ether oxygens (including phenoxy) is 1. The lowest BCUT2D eigenvalue weighted by Crippen LogP contribution is -2.13. The molecule has 0 aromatic carbocycles. The molecule has 1 heterocycles. The monoisotopic (exact) mass is 194 g/mol. The first kappa shape index (κ1) is 11.0. The SMILES string of the molecule is CC1C=CCC=CCCCCOC1=O. The number of cyclic esters (lactones) is 1. The molecule has 0 radical (unpaired) electrons. The Morgan fingerprint density at radius 3 is 3.00 bits per heavy atom. The summed E-state index contributed by atoms with van der Waals surface area (Å²) in [6, 6.07) is 0. The third kappa shape index (κ3) is 4.26. The molecule has 0 saturated carbocycles. The second kappa shape index (κ2) is 6.41. The zero-order chi connectivity index (χ0) is 10.2.